The van der Waals surface area contributed by atoms with Crippen LogP contribution in [0.4, 0.5) is 13.2 Å². The number of nitrogens with one attached hydrogen (secondary N) is 1. The zero-order valence-corrected chi connectivity index (χ0v) is 26.8. The van der Waals surface area contributed by atoms with Crippen LogP contribution in [0, 0.1) is 5.82 Å². The van der Waals surface area contributed by atoms with E-state index in [1.165, 1.54) is 49.4 Å². The highest BCUT2D eigenvalue weighted by molar-refractivity contribution is 6.35. The second kappa shape index (κ2) is 11.1. The van der Waals surface area contributed by atoms with Crippen molar-refractivity contribution < 1.29 is 46.5 Å². The number of ether oxygens (including phenoxy) is 3. The van der Waals surface area contributed by atoms with Crippen LogP contribution in [0.1, 0.15) is 58.8 Å². The van der Waals surface area contributed by atoms with Gasteiger partial charge in [0.25, 0.3) is 5.91 Å². The van der Waals surface area contributed by atoms with Gasteiger partial charge >= 0.3 is 6.29 Å². The standard InChI is InChI=1S/C35H26ClF3N4O7/c1-33(32(40)45)15-47-28-21(33)13-25(43-27(28)20-8-10-23-29(26(20)36)50-35(38,39)49-23)34(46,18-3-2-4-19(37)12-18)14-41-30(44)17-7-9-22-24(11-17)48-31(42-22)16-5-6-16/h2-4,7-13,16,46H,5-6,14-15H2,1H3,(H2,40,45)(H,41,44)/t33-,34+/m0/s1. The highest BCUT2D eigenvalue weighted by atomic mass is 35.5. The molecule has 3 aliphatic rings. The molecule has 8 rings (SSSR count). The van der Waals surface area contributed by atoms with Gasteiger partial charge in [-0.25, -0.2) is 14.4 Å². The molecule has 50 heavy (non-hydrogen) atoms. The van der Waals surface area contributed by atoms with Gasteiger partial charge < -0.3 is 34.8 Å². The Bertz CT molecular complexity index is 2260. The third-order valence-corrected chi connectivity index (χ3v) is 9.58. The van der Waals surface area contributed by atoms with Crippen LogP contribution in [0.3, 0.4) is 0 Å². The zero-order chi connectivity index (χ0) is 35.2. The highest BCUT2D eigenvalue weighted by Crippen LogP contribution is 2.53. The molecule has 1 saturated carbocycles. The lowest BCUT2D eigenvalue weighted by Crippen LogP contribution is -2.43. The van der Waals surface area contributed by atoms with Gasteiger partial charge in [0, 0.05) is 22.6 Å². The van der Waals surface area contributed by atoms with Crippen LogP contribution in [0.2, 0.25) is 5.02 Å². The number of nitrogens with zero attached hydrogens (tertiary/aromatic N) is 2. The lowest BCUT2D eigenvalue weighted by Gasteiger charge is -2.30. The fraction of sp³-hybridized carbons (Fsp3) is 0.257. The first kappa shape index (κ1) is 31.9. The number of hydrogen-bond donors (Lipinski definition) is 3. The summed E-state index contributed by atoms with van der Waals surface area (Å²) in [4.78, 5) is 35.5. The molecule has 0 unspecified atom stereocenters. The van der Waals surface area contributed by atoms with E-state index in [0.717, 1.165) is 18.9 Å². The Hall–Kier alpha value is -5.34. The quantitative estimate of drug-likeness (QED) is 0.185. The molecule has 0 saturated heterocycles. The molecule has 1 fully saturated rings. The molecule has 11 nitrogen and oxygen atoms in total. The second-order valence-corrected chi connectivity index (χ2v) is 13.1. The molecule has 2 aromatic heterocycles. The normalized spacial score (nSPS) is 19.9. The van der Waals surface area contributed by atoms with Crippen LogP contribution in [0.15, 0.2) is 65.1 Å². The van der Waals surface area contributed by atoms with Crippen molar-refractivity contribution in [2.45, 2.75) is 43.0 Å². The van der Waals surface area contributed by atoms with Gasteiger partial charge in [0.1, 0.15) is 40.4 Å². The van der Waals surface area contributed by atoms with Gasteiger partial charge in [-0.15, -0.1) is 8.78 Å². The lowest BCUT2D eigenvalue weighted by molar-refractivity contribution is -0.286. The number of aliphatic hydroxyl groups is 1. The van der Waals surface area contributed by atoms with E-state index < -0.39 is 47.2 Å². The Morgan fingerprint density at radius 1 is 1.08 bits per heavy atom. The zero-order valence-electron chi connectivity index (χ0n) is 26.1. The predicted molar refractivity (Wildman–Crippen MR) is 171 cm³/mol. The minimum Gasteiger partial charge on any atom is -0.489 e. The number of amides is 2. The van der Waals surface area contributed by atoms with Crippen LogP contribution < -0.4 is 25.3 Å². The average Bonchev–Trinajstić information content (AvgIpc) is 3.63. The molecule has 2 aliphatic heterocycles. The van der Waals surface area contributed by atoms with Crippen molar-refractivity contribution in [3.8, 4) is 28.5 Å². The summed E-state index contributed by atoms with van der Waals surface area (Å²) >= 11 is 6.58. The number of pyridine rings is 1. The molecular formula is C35H26ClF3N4O7. The number of halogens is 4. The van der Waals surface area contributed by atoms with Crippen LogP contribution in [0.5, 0.6) is 17.2 Å². The Balaban J connectivity index is 1.24. The van der Waals surface area contributed by atoms with E-state index in [0.29, 0.717) is 17.0 Å². The molecule has 5 aromatic rings. The predicted octanol–water partition coefficient (Wildman–Crippen LogP) is 5.68. The van der Waals surface area contributed by atoms with Gasteiger partial charge in [0.05, 0.1) is 17.3 Å². The van der Waals surface area contributed by atoms with Crippen molar-refractivity contribution in [2.24, 2.45) is 5.73 Å². The lowest BCUT2D eigenvalue weighted by atomic mass is 9.80. The van der Waals surface area contributed by atoms with Crippen molar-refractivity contribution in [1.82, 2.24) is 15.3 Å². The minimum atomic E-state index is -3.98. The monoisotopic (exact) mass is 706 g/mol. The van der Waals surface area contributed by atoms with E-state index in [1.807, 2.05) is 0 Å². The number of benzene rings is 3. The molecule has 256 valence electrons. The third kappa shape index (κ3) is 5.17. The maximum Gasteiger partial charge on any atom is 0.586 e. The molecular weight excluding hydrogens is 681 g/mol. The first-order valence-electron chi connectivity index (χ1n) is 15.5. The van der Waals surface area contributed by atoms with Gasteiger partial charge in [0.2, 0.25) is 5.91 Å². The molecule has 0 radical (unpaired) electrons. The van der Waals surface area contributed by atoms with E-state index in [-0.39, 0.29) is 62.7 Å². The number of alkyl halides is 2. The first-order chi connectivity index (χ1) is 23.8. The molecule has 1 aliphatic carbocycles. The summed E-state index contributed by atoms with van der Waals surface area (Å²) in [6.45, 7) is 0.753. The number of carbonyl (C=O) groups excluding carboxylic acids is 2. The van der Waals surface area contributed by atoms with Gasteiger partial charge in [-0.05, 0) is 73.9 Å². The van der Waals surface area contributed by atoms with Crippen molar-refractivity contribution in [3.05, 3.63) is 99.8 Å². The summed E-state index contributed by atoms with van der Waals surface area (Å²) in [6, 6.07) is 13.7. The van der Waals surface area contributed by atoms with Crippen LogP contribution in [-0.4, -0.2) is 46.3 Å². The van der Waals surface area contributed by atoms with Crippen molar-refractivity contribution >= 4 is 34.5 Å². The Morgan fingerprint density at radius 2 is 1.88 bits per heavy atom. The first-order valence-corrected chi connectivity index (χ1v) is 15.9. The highest BCUT2D eigenvalue weighted by Gasteiger charge is 2.48. The van der Waals surface area contributed by atoms with Gasteiger partial charge in [0.15, 0.2) is 23.0 Å². The summed E-state index contributed by atoms with van der Waals surface area (Å²) in [5.41, 5.74) is 3.30. The van der Waals surface area contributed by atoms with Crippen LogP contribution >= 0.6 is 11.6 Å². The second-order valence-electron chi connectivity index (χ2n) is 12.7. The van der Waals surface area contributed by atoms with E-state index in [1.54, 1.807) is 12.1 Å². The summed E-state index contributed by atoms with van der Waals surface area (Å²) in [5, 5.41) is 14.9. The minimum absolute atomic E-state index is 0.00733. The number of fused-ring (bicyclic) bond motifs is 3. The fourth-order valence-electron chi connectivity index (χ4n) is 6.13. The third-order valence-electron chi connectivity index (χ3n) is 9.21. The molecule has 0 bridgehead atoms. The summed E-state index contributed by atoms with van der Waals surface area (Å²) < 4.78 is 63.6. The van der Waals surface area contributed by atoms with E-state index in [2.05, 4.69) is 24.8 Å². The van der Waals surface area contributed by atoms with E-state index in [9.17, 15) is 27.9 Å². The molecule has 2 atom stereocenters. The summed E-state index contributed by atoms with van der Waals surface area (Å²) in [5.74, 6) is -1.94. The molecule has 0 spiro atoms. The smallest absolute Gasteiger partial charge is 0.489 e. The van der Waals surface area contributed by atoms with Crippen molar-refractivity contribution in [1.29, 1.82) is 0 Å². The summed E-state index contributed by atoms with van der Waals surface area (Å²) in [7, 11) is 0. The SMILES string of the molecule is C[C@]1(C(N)=O)COc2c1cc([C@@](O)(CNC(=O)c1ccc3nc(C4CC4)oc3c1)c1cccc(F)c1)nc2-c1ccc2c(c1Cl)OC(F)(F)O2. The van der Waals surface area contributed by atoms with Crippen molar-refractivity contribution in [2.75, 3.05) is 13.2 Å². The van der Waals surface area contributed by atoms with Crippen LogP contribution in [-0.2, 0) is 15.8 Å². The number of aromatic nitrogens is 2. The molecule has 15 heteroatoms. The number of primary amides is 1. The largest absolute Gasteiger partial charge is 0.586 e. The maximum atomic E-state index is 14.7. The van der Waals surface area contributed by atoms with Gasteiger partial charge in [-0.1, -0.05) is 23.7 Å². The number of hydrogen-bond acceptors (Lipinski definition) is 9. The molecule has 3 aromatic carbocycles. The number of oxazole rings is 1. The maximum absolute atomic E-state index is 14.7. The number of rotatable bonds is 8. The Labute approximate surface area is 286 Å². The fourth-order valence-corrected chi connectivity index (χ4v) is 6.42. The van der Waals surface area contributed by atoms with Crippen LogP contribution in [0.25, 0.3) is 22.4 Å². The molecule has 4 N–H and O–H groups in total. The van der Waals surface area contributed by atoms with Gasteiger partial charge in [-0.3, -0.25) is 9.59 Å². The van der Waals surface area contributed by atoms with E-state index >= 15 is 0 Å². The summed E-state index contributed by atoms with van der Waals surface area (Å²) in [6.07, 6.45) is -2.01. The van der Waals surface area contributed by atoms with Gasteiger partial charge in [-0.2, -0.15) is 0 Å². The topological polar surface area (TPSA) is 159 Å². The average molecular weight is 707 g/mol. The Kier molecular flexibility index (Phi) is 7.07. The van der Waals surface area contributed by atoms with Crippen molar-refractivity contribution in [3.63, 3.8) is 0 Å². The Morgan fingerprint density at radius 3 is 2.62 bits per heavy atom. The molecule has 4 heterocycles. The number of nitrogens with two attached hydrogens (primary N) is 1. The number of carbonyl (C=O) groups is 2. The van der Waals surface area contributed by atoms with E-state index in [4.69, 9.17) is 26.5 Å². The molecule has 2 amide bonds.